The zero-order valence-electron chi connectivity index (χ0n) is 22.2. The van der Waals surface area contributed by atoms with Crippen LogP contribution >= 0.6 is 0 Å². The molecule has 0 saturated carbocycles. The third-order valence-electron chi connectivity index (χ3n) is 8.89. The van der Waals surface area contributed by atoms with E-state index < -0.39 is 0 Å². The Morgan fingerprint density at radius 3 is 2.66 bits per heavy atom. The van der Waals surface area contributed by atoms with E-state index in [-0.39, 0.29) is 11.8 Å². The molecule has 2 aromatic carbocycles. The normalized spacial score (nSPS) is 23.7. The Balaban J connectivity index is 1.37. The smallest absolute Gasteiger partial charge is 0.319 e. The number of hydrogen-bond acceptors (Lipinski definition) is 7. The van der Waals surface area contributed by atoms with Crippen molar-refractivity contribution in [2.75, 3.05) is 38.2 Å². The van der Waals surface area contributed by atoms with Crippen LogP contribution < -0.4 is 15.0 Å². The number of nitrogens with one attached hydrogen (secondary N) is 2. The van der Waals surface area contributed by atoms with Crippen LogP contribution in [0.1, 0.15) is 36.8 Å². The lowest BCUT2D eigenvalue weighted by Crippen LogP contribution is -2.51. The zero-order valence-corrected chi connectivity index (χ0v) is 22.2. The van der Waals surface area contributed by atoms with Crippen molar-refractivity contribution in [2.24, 2.45) is 0 Å². The standard InChI is InChI=1S/C29H34FN7O/c1-16-11-24-23(12-31-35-24)25(17(16)2)21-8-9-22-27(26(21)30)33-29(38-15-20-5-4-10-36(20)3)34-28(22)37-13-18-6-7-19(14-37)32-18/h8-9,11-12,18-20,32H,4-7,10,13-15H2,1-3H3,(H,31,35)/t18-,19+,20?. The number of halogens is 1. The van der Waals surface area contributed by atoms with E-state index >= 15 is 4.39 Å². The molecule has 9 heteroatoms. The Bertz CT molecular complexity index is 1520. The zero-order chi connectivity index (χ0) is 26.0. The van der Waals surface area contributed by atoms with E-state index in [0.29, 0.717) is 35.8 Å². The van der Waals surface area contributed by atoms with Gasteiger partial charge in [-0.15, -0.1) is 0 Å². The fourth-order valence-electron chi connectivity index (χ4n) is 6.63. The number of hydrogen-bond donors (Lipinski definition) is 2. The molecule has 2 N–H and O–H groups in total. The van der Waals surface area contributed by atoms with Crippen LogP contribution in [0, 0.1) is 19.7 Å². The summed E-state index contributed by atoms with van der Waals surface area (Å²) in [6.45, 7) is 7.35. The van der Waals surface area contributed by atoms with Crippen LogP contribution in [-0.4, -0.2) is 76.5 Å². The molecule has 0 spiro atoms. The van der Waals surface area contributed by atoms with Gasteiger partial charge in [0.1, 0.15) is 17.9 Å². The first-order valence-corrected chi connectivity index (χ1v) is 13.7. The van der Waals surface area contributed by atoms with Crippen molar-refractivity contribution in [1.29, 1.82) is 0 Å². The molecule has 4 aromatic rings. The third-order valence-corrected chi connectivity index (χ3v) is 8.89. The molecular formula is C29H34FN7O. The number of H-pyrrole nitrogens is 1. The summed E-state index contributed by atoms with van der Waals surface area (Å²) in [7, 11) is 2.12. The predicted octanol–water partition coefficient (Wildman–Crippen LogP) is 4.34. The summed E-state index contributed by atoms with van der Waals surface area (Å²) in [5, 5.41) is 12.6. The average molecular weight is 516 g/mol. The number of ether oxygens (including phenoxy) is 1. The lowest BCUT2D eigenvalue weighted by atomic mass is 9.92. The highest BCUT2D eigenvalue weighted by atomic mass is 19.1. The van der Waals surface area contributed by atoms with E-state index in [4.69, 9.17) is 9.72 Å². The van der Waals surface area contributed by atoms with Gasteiger partial charge in [0.15, 0.2) is 5.82 Å². The molecule has 8 nitrogen and oxygen atoms in total. The Kier molecular flexibility index (Phi) is 5.74. The highest BCUT2D eigenvalue weighted by molar-refractivity contribution is 6.01. The van der Waals surface area contributed by atoms with Gasteiger partial charge < -0.3 is 19.9 Å². The fraction of sp³-hybridized carbons (Fsp3) is 0.483. The van der Waals surface area contributed by atoms with Crippen LogP contribution in [0.2, 0.25) is 0 Å². The number of aromatic nitrogens is 4. The Labute approximate surface area is 221 Å². The summed E-state index contributed by atoms with van der Waals surface area (Å²) in [6.07, 6.45) is 6.34. The van der Waals surface area contributed by atoms with Crippen LogP contribution in [0.5, 0.6) is 6.01 Å². The van der Waals surface area contributed by atoms with Crippen molar-refractivity contribution in [3.63, 3.8) is 0 Å². The summed E-state index contributed by atoms with van der Waals surface area (Å²) in [6, 6.07) is 7.37. The van der Waals surface area contributed by atoms with E-state index in [0.717, 1.165) is 84.1 Å². The highest BCUT2D eigenvalue weighted by Crippen LogP contribution is 2.39. The molecule has 3 aliphatic heterocycles. The van der Waals surface area contributed by atoms with Crippen molar-refractivity contribution in [3.05, 3.63) is 41.3 Å². The summed E-state index contributed by atoms with van der Waals surface area (Å²) < 4.78 is 22.8. The first-order chi connectivity index (χ1) is 18.5. The van der Waals surface area contributed by atoms with Crippen LogP contribution in [0.15, 0.2) is 24.4 Å². The number of aromatic amines is 1. The fourth-order valence-corrected chi connectivity index (χ4v) is 6.63. The summed E-state index contributed by atoms with van der Waals surface area (Å²) in [5.41, 5.74) is 4.70. The average Bonchev–Trinajstić information content (AvgIpc) is 3.63. The van der Waals surface area contributed by atoms with Gasteiger partial charge in [-0.2, -0.15) is 15.1 Å². The molecule has 0 amide bonds. The maximum Gasteiger partial charge on any atom is 0.319 e. The maximum atomic E-state index is 16.6. The van der Waals surface area contributed by atoms with Crippen molar-refractivity contribution in [3.8, 4) is 17.1 Å². The number of nitrogens with zero attached hydrogens (tertiary/aromatic N) is 5. The van der Waals surface area contributed by atoms with E-state index in [1.165, 1.54) is 0 Å². The Hall–Kier alpha value is -3.30. The van der Waals surface area contributed by atoms with E-state index in [2.05, 4.69) is 43.4 Å². The monoisotopic (exact) mass is 515 g/mol. The molecule has 1 unspecified atom stereocenters. The largest absolute Gasteiger partial charge is 0.462 e. The molecule has 2 aromatic heterocycles. The lowest BCUT2D eigenvalue weighted by Gasteiger charge is -2.34. The number of anilines is 1. The van der Waals surface area contributed by atoms with Gasteiger partial charge in [-0.1, -0.05) is 6.07 Å². The quantitative estimate of drug-likeness (QED) is 0.409. The summed E-state index contributed by atoms with van der Waals surface area (Å²) in [4.78, 5) is 14.2. The van der Waals surface area contributed by atoms with Crippen molar-refractivity contribution in [1.82, 2.24) is 30.4 Å². The van der Waals surface area contributed by atoms with Gasteiger partial charge in [0.25, 0.3) is 0 Å². The van der Waals surface area contributed by atoms with Gasteiger partial charge in [0.2, 0.25) is 0 Å². The van der Waals surface area contributed by atoms with Crippen molar-refractivity contribution < 1.29 is 9.13 Å². The Morgan fingerprint density at radius 2 is 1.89 bits per heavy atom. The second-order valence-electron chi connectivity index (χ2n) is 11.3. The highest BCUT2D eigenvalue weighted by Gasteiger charge is 2.34. The topological polar surface area (TPSA) is 82.2 Å². The van der Waals surface area contributed by atoms with Crippen molar-refractivity contribution >= 4 is 27.6 Å². The Morgan fingerprint density at radius 1 is 1.08 bits per heavy atom. The molecule has 7 rings (SSSR count). The van der Waals surface area contributed by atoms with Crippen molar-refractivity contribution in [2.45, 2.75) is 57.7 Å². The molecular weight excluding hydrogens is 481 g/mol. The minimum atomic E-state index is -0.344. The summed E-state index contributed by atoms with van der Waals surface area (Å²) in [5.74, 6) is 0.423. The number of likely N-dealkylation sites (N-methyl/N-ethyl adjacent to an activating group) is 1. The van der Waals surface area contributed by atoms with Gasteiger partial charge in [0, 0.05) is 47.6 Å². The number of aryl methyl sites for hydroxylation is 1. The molecule has 2 bridgehead atoms. The van der Waals surface area contributed by atoms with Gasteiger partial charge in [-0.3, -0.25) is 5.10 Å². The van der Waals surface area contributed by atoms with Gasteiger partial charge >= 0.3 is 6.01 Å². The number of benzene rings is 2. The first-order valence-electron chi connectivity index (χ1n) is 13.7. The molecule has 5 heterocycles. The van der Waals surface area contributed by atoms with Gasteiger partial charge in [-0.25, -0.2) is 4.39 Å². The number of piperazine rings is 1. The van der Waals surface area contributed by atoms with Crippen LogP contribution in [0.4, 0.5) is 10.2 Å². The predicted molar refractivity (Wildman–Crippen MR) is 147 cm³/mol. The molecule has 3 saturated heterocycles. The third kappa shape index (κ3) is 3.91. The lowest BCUT2D eigenvalue weighted by molar-refractivity contribution is 0.188. The second kappa shape index (κ2) is 9.17. The molecule has 0 aliphatic carbocycles. The van der Waals surface area contributed by atoms with E-state index in [1.54, 1.807) is 6.20 Å². The number of likely N-dealkylation sites (tertiary alicyclic amines) is 1. The maximum absolute atomic E-state index is 16.6. The minimum absolute atomic E-state index is 0.254. The molecule has 198 valence electrons. The van der Waals surface area contributed by atoms with Crippen LogP contribution in [0.3, 0.4) is 0 Å². The second-order valence-corrected chi connectivity index (χ2v) is 11.3. The van der Waals surface area contributed by atoms with Crippen LogP contribution in [0.25, 0.3) is 32.9 Å². The minimum Gasteiger partial charge on any atom is -0.462 e. The first kappa shape index (κ1) is 23.8. The molecule has 3 fully saturated rings. The van der Waals surface area contributed by atoms with Gasteiger partial charge in [0.05, 0.1) is 11.7 Å². The molecule has 3 atom stereocenters. The van der Waals surface area contributed by atoms with Crippen LogP contribution in [-0.2, 0) is 0 Å². The SMILES string of the molecule is Cc1cc2[nH]ncc2c(-c2ccc3c(N4C[C@H]5CC[C@@H](C4)N5)nc(OCC4CCCN4C)nc3c2F)c1C. The summed E-state index contributed by atoms with van der Waals surface area (Å²) >= 11 is 0. The van der Waals surface area contributed by atoms with E-state index in [9.17, 15) is 0 Å². The van der Waals surface area contributed by atoms with E-state index in [1.807, 2.05) is 26.0 Å². The number of fused-ring (bicyclic) bond motifs is 4. The molecule has 38 heavy (non-hydrogen) atoms. The number of rotatable bonds is 5. The molecule has 3 aliphatic rings. The van der Waals surface area contributed by atoms with Gasteiger partial charge in [-0.05, 0) is 81.9 Å². The molecule has 0 radical (unpaired) electrons.